The molecule has 9 N–H and O–H groups in total. The van der Waals surface area contributed by atoms with Gasteiger partial charge in [0.15, 0.2) is 12.6 Å². The number of rotatable bonds is 41. The number of carbonyl (C=O) groups is 1. The summed E-state index contributed by atoms with van der Waals surface area (Å²) in [7, 11) is 0. The molecule has 0 saturated carbocycles. The molecule has 2 rings (SSSR count). The minimum Gasteiger partial charge on any atom is -0.394 e. The van der Waals surface area contributed by atoms with E-state index in [1.165, 1.54) is 135 Å². The maximum atomic E-state index is 13.2. The highest BCUT2D eigenvalue weighted by Gasteiger charge is 2.51. The number of allylic oxidation sites excluding steroid dienone is 5. The van der Waals surface area contributed by atoms with Gasteiger partial charge in [-0.05, 0) is 57.8 Å². The monoisotopic (exact) mass is 956 g/mol. The van der Waals surface area contributed by atoms with Gasteiger partial charge in [0.1, 0.15) is 48.8 Å². The highest BCUT2D eigenvalue weighted by atomic mass is 16.7. The van der Waals surface area contributed by atoms with Crippen LogP contribution in [0.5, 0.6) is 0 Å². The van der Waals surface area contributed by atoms with Gasteiger partial charge in [-0.3, -0.25) is 4.79 Å². The molecular weight excluding hydrogens is 859 g/mol. The van der Waals surface area contributed by atoms with Crippen molar-refractivity contribution in [3.05, 3.63) is 36.5 Å². The molecule has 14 heteroatoms. The number of nitrogens with one attached hydrogen (secondary N) is 1. The maximum absolute atomic E-state index is 13.2. The Balaban J connectivity index is 1.75. The number of hydrogen-bond donors (Lipinski definition) is 9. The van der Waals surface area contributed by atoms with E-state index in [2.05, 4.69) is 43.5 Å². The third-order valence-electron chi connectivity index (χ3n) is 13.0. The van der Waals surface area contributed by atoms with Gasteiger partial charge in [0.25, 0.3) is 0 Å². The van der Waals surface area contributed by atoms with Crippen LogP contribution < -0.4 is 5.32 Å². The van der Waals surface area contributed by atoms with Crippen molar-refractivity contribution in [3.63, 3.8) is 0 Å². The van der Waals surface area contributed by atoms with E-state index in [9.17, 15) is 45.6 Å². The lowest BCUT2D eigenvalue weighted by Gasteiger charge is -2.46. The van der Waals surface area contributed by atoms with Crippen LogP contribution in [-0.2, 0) is 23.7 Å². The predicted octanol–water partition coefficient (Wildman–Crippen LogP) is 7.49. The number of ether oxygens (including phenoxy) is 4. The second-order valence-electron chi connectivity index (χ2n) is 19.0. The fourth-order valence-corrected chi connectivity index (χ4v) is 8.65. The van der Waals surface area contributed by atoms with Gasteiger partial charge < -0.3 is 65.1 Å². The Morgan fingerprint density at radius 1 is 0.522 bits per heavy atom. The van der Waals surface area contributed by atoms with E-state index < -0.39 is 86.8 Å². The largest absolute Gasteiger partial charge is 0.394 e. The standard InChI is InChI=1S/C53H97NO13/c1-3-5-7-9-11-13-15-16-17-18-19-20-21-22-23-24-25-26-27-29-31-33-35-37-45(58)54-41(42(57)36-34-32-30-28-14-12-10-8-6-4-2)40-64-52-50(63)48(61)51(44(39-56)66-52)67-53-49(62)47(60)46(59)43(38-55)65-53/h14,18-19,28,34,36,41-44,46-53,55-57,59-63H,3-13,15-17,20-27,29-33,35,37-40H2,1-2H3,(H,54,58)/b19-18-,28-14+,36-34+. The number of unbranched alkanes of at least 4 members (excludes halogenated alkanes) is 24. The van der Waals surface area contributed by atoms with Crippen LogP contribution in [0.1, 0.15) is 200 Å². The van der Waals surface area contributed by atoms with Gasteiger partial charge in [0.2, 0.25) is 5.91 Å². The van der Waals surface area contributed by atoms with Crippen molar-refractivity contribution < 1.29 is 64.6 Å². The molecule has 2 aliphatic heterocycles. The smallest absolute Gasteiger partial charge is 0.220 e. The van der Waals surface area contributed by atoms with Gasteiger partial charge in [0, 0.05) is 6.42 Å². The summed E-state index contributed by atoms with van der Waals surface area (Å²) in [6.45, 7) is 2.73. The third kappa shape index (κ3) is 26.8. The summed E-state index contributed by atoms with van der Waals surface area (Å²) in [6, 6.07) is -0.928. The average molecular weight is 956 g/mol. The van der Waals surface area contributed by atoms with Crippen LogP contribution >= 0.6 is 0 Å². The van der Waals surface area contributed by atoms with Gasteiger partial charge in [-0.2, -0.15) is 0 Å². The summed E-state index contributed by atoms with van der Waals surface area (Å²) in [5, 5.41) is 86.6. The van der Waals surface area contributed by atoms with Crippen molar-refractivity contribution in [2.45, 2.75) is 274 Å². The van der Waals surface area contributed by atoms with Crippen LogP contribution in [-0.4, -0.2) is 140 Å². The van der Waals surface area contributed by atoms with Crippen LogP contribution in [0.3, 0.4) is 0 Å². The van der Waals surface area contributed by atoms with Gasteiger partial charge in [-0.1, -0.05) is 172 Å². The SMILES string of the molecule is CCCCCC/C=C/CC/C=C/C(O)C(COC1OC(CO)C(OC2OC(CO)C(O)C(O)C2O)C(O)C1O)NC(=O)CCCCCCCCCCCCC/C=C\CCCCCCCCCC. The molecule has 0 aliphatic carbocycles. The molecule has 0 radical (unpaired) electrons. The van der Waals surface area contributed by atoms with Crippen LogP contribution in [0.4, 0.5) is 0 Å². The molecule has 2 fully saturated rings. The van der Waals surface area contributed by atoms with Crippen molar-refractivity contribution in [1.29, 1.82) is 0 Å². The van der Waals surface area contributed by atoms with Crippen LogP contribution in [0.15, 0.2) is 36.5 Å². The van der Waals surface area contributed by atoms with Crippen LogP contribution in [0.2, 0.25) is 0 Å². The first kappa shape index (κ1) is 61.3. The Morgan fingerprint density at radius 2 is 0.955 bits per heavy atom. The first-order valence-corrected chi connectivity index (χ1v) is 26.7. The Bertz CT molecular complexity index is 1270. The van der Waals surface area contributed by atoms with Gasteiger partial charge in [0.05, 0.1) is 32.0 Å². The highest BCUT2D eigenvalue weighted by molar-refractivity contribution is 5.76. The number of hydrogen-bond acceptors (Lipinski definition) is 13. The second-order valence-corrected chi connectivity index (χ2v) is 19.0. The molecule has 0 aromatic carbocycles. The second kappa shape index (κ2) is 39.9. The summed E-state index contributed by atoms with van der Waals surface area (Å²) < 4.78 is 22.6. The summed E-state index contributed by atoms with van der Waals surface area (Å²) in [4.78, 5) is 13.2. The van der Waals surface area contributed by atoms with Crippen molar-refractivity contribution >= 4 is 5.91 Å². The summed E-state index contributed by atoms with van der Waals surface area (Å²) in [5.41, 5.74) is 0. The van der Waals surface area contributed by atoms with Crippen molar-refractivity contribution in [2.24, 2.45) is 0 Å². The number of aliphatic hydroxyl groups excluding tert-OH is 8. The lowest BCUT2D eigenvalue weighted by atomic mass is 9.97. The Kier molecular flexibility index (Phi) is 36.5. The summed E-state index contributed by atoms with van der Waals surface area (Å²) in [6.07, 6.45) is 29.2. The average Bonchev–Trinajstić information content (AvgIpc) is 3.32. The molecule has 12 unspecified atom stereocenters. The fraction of sp³-hybridized carbons (Fsp3) is 0.868. The minimum absolute atomic E-state index is 0.252. The lowest BCUT2D eigenvalue weighted by molar-refractivity contribution is -0.359. The number of amides is 1. The van der Waals surface area contributed by atoms with E-state index in [0.717, 1.165) is 32.1 Å². The third-order valence-corrected chi connectivity index (χ3v) is 13.0. The number of carbonyl (C=O) groups excluding carboxylic acids is 1. The molecule has 2 heterocycles. The molecule has 0 aromatic heterocycles. The molecule has 0 bridgehead atoms. The highest BCUT2D eigenvalue weighted by Crippen LogP contribution is 2.30. The van der Waals surface area contributed by atoms with Crippen LogP contribution in [0.25, 0.3) is 0 Å². The molecule has 2 aliphatic rings. The molecule has 0 spiro atoms. The quantitative estimate of drug-likeness (QED) is 0.0214. The molecular formula is C53H97NO13. The molecule has 2 saturated heterocycles. The van der Waals surface area contributed by atoms with E-state index in [-0.39, 0.29) is 18.9 Å². The first-order chi connectivity index (χ1) is 32.6. The zero-order valence-electron chi connectivity index (χ0n) is 41.6. The van der Waals surface area contributed by atoms with E-state index >= 15 is 0 Å². The van der Waals surface area contributed by atoms with E-state index in [4.69, 9.17) is 18.9 Å². The molecule has 12 atom stereocenters. The molecule has 0 aromatic rings. The van der Waals surface area contributed by atoms with Gasteiger partial charge in [-0.15, -0.1) is 0 Å². The Labute approximate surface area is 404 Å². The first-order valence-electron chi connectivity index (χ1n) is 26.7. The zero-order chi connectivity index (χ0) is 48.9. The summed E-state index contributed by atoms with van der Waals surface area (Å²) >= 11 is 0. The van der Waals surface area contributed by atoms with Gasteiger partial charge >= 0.3 is 0 Å². The normalized spacial score (nSPS) is 26.8. The Morgan fingerprint density at radius 3 is 1.48 bits per heavy atom. The molecule has 1 amide bonds. The molecule has 67 heavy (non-hydrogen) atoms. The van der Waals surface area contributed by atoms with E-state index in [1.807, 2.05) is 6.08 Å². The van der Waals surface area contributed by atoms with E-state index in [0.29, 0.717) is 12.8 Å². The zero-order valence-corrected chi connectivity index (χ0v) is 41.6. The van der Waals surface area contributed by atoms with Crippen molar-refractivity contribution in [3.8, 4) is 0 Å². The van der Waals surface area contributed by atoms with Crippen molar-refractivity contribution in [1.82, 2.24) is 5.32 Å². The molecule has 14 nitrogen and oxygen atoms in total. The van der Waals surface area contributed by atoms with Gasteiger partial charge in [-0.25, -0.2) is 0 Å². The van der Waals surface area contributed by atoms with Crippen LogP contribution in [0, 0.1) is 0 Å². The maximum Gasteiger partial charge on any atom is 0.220 e. The predicted molar refractivity (Wildman–Crippen MR) is 263 cm³/mol. The minimum atomic E-state index is -1.79. The lowest BCUT2D eigenvalue weighted by Crippen LogP contribution is -2.65. The topological polar surface area (TPSA) is 228 Å². The Hall–Kier alpha value is -1.79. The fourth-order valence-electron chi connectivity index (χ4n) is 8.65. The molecule has 392 valence electrons. The van der Waals surface area contributed by atoms with Crippen molar-refractivity contribution in [2.75, 3.05) is 19.8 Å². The number of aliphatic hydroxyl groups is 8. The van der Waals surface area contributed by atoms with E-state index in [1.54, 1.807) is 6.08 Å². The summed E-state index contributed by atoms with van der Waals surface area (Å²) in [5.74, 6) is -0.252.